The van der Waals surface area contributed by atoms with Gasteiger partial charge in [0.25, 0.3) is 5.91 Å². The van der Waals surface area contributed by atoms with Gasteiger partial charge in [-0.2, -0.15) is 0 Å². The first-order chi connectivity index (χ1) is 9.65. The number of β-amino-alcohol motifs (C(OH)–C–C–N with tert-alkyl or cyclic N) is 1. The molecule has 1 aromatic carbocycles. The molecule has 0 spiro atoms. The lowest BCUT2D eigenvalue weighted by Gasteiger charge is -2.22. The highest BCUT2D eigenvalue weighted by Gasteiger charge is 2.39. The van der Waals surface area contributed by atoms with Crippen molar-refractivity contribution in [1.29, 1.82) is 0 Å². The number of aliphatic hydroxyl groups is 1. The van der Waals surface area contributed by atoms with Gasteiger partial charge in [-0.3, -0.25) is 15.1 Å². The van der Waals surface area contributed by atoms with Gasteiger partial charge < -0.3 is 5.11 Å². The minimum atomic E-state index is -0.645. The van der Waals surface area contributed by atoms with Crippen molar-refractivity contribution in [1.82, 2.24) is 15.9 Å². The summed E-state index contributed by atoms with van der Waals surface area (Å²) in [7, 11) is 0. The Hall–Kier alpha value is -1.54. The van der Waals surface area contributed by atoms with Crippen LogP contribution in [0.3, 0.4) is 0 Å². The lowest BCUT2D eigenvalue weighted by Crippen LogP contribution is -2.37. The molecule has 0 saturated carbocycles. The van der Waals surface area contributed by atoms with E-state index in [9.17, 15) is 14.3 Å². The van der Waals surface area contributed by atoms with Crippen molar-refractivity contribution in [2.45, 2.75) is 12.1 Å². The fourth-order valence-electron chi connectivity index (χ4n) is 2.55. The highest BCUT2D eigenvalue weighted by molar-refractivity contribution is 5.79. The Morgan fingerprint density at radius 1 is 1.50 bits per heavy atom. The van der Waals surface area contributed by atoms with Crippen LogP contribution in [0.5, 0.6) is 0 Å². The summed E-state index contributed by atoms with van der Waals surface area (Å²) in [6, 6.07) is 5.84. The predicted molar refractivity (Wildman–Crippen MR) is 67.4 cm³/mol. The average molecular weight is 281 g/mol. The molecule has 2 heterocycles. The topological polar surface area (TPSA) is 73.8 Å². The fourth-order valence-corrected chi connectivity index (χ4v) is 2.55. The number of aliphatic hydroxyl groups excluding tert-OH is 1. The van der Waals surface area contributed by atoms with E-state index in [4.69, 9.17) is 4.84 Å². The Kier molecular flexibility index (Phi) is 3.66. The Morgan fingerprint density at radius 2 is 2.35 bits per heavy atom. The maximum absolute atomic E-state index is 13.3. The molecule has 108 valence electrons. The summed E-state index contributed by atoms with van der Waals surface area (Å²) in [6.45, 7) is 0.727. The zero-order valence-electron chi connectivity index (χ0n) is 10.8. The van der Waals surface area contributed by atoms with Crippen LogP contribution < -0.4 is 10.9 Å². The zero-order chi connectivity index (χ0) is 14.1. The third-order valence-corrected chi connectivity index (χ3v) is 3.55. The van der Waals surface area contributed by atoms with Crippen LogP contribution in [-0.2, 0) is 9.63 Å². The van der Waals surface area contributed by atoms with Crippen LogP contribution in [0.1, 0.15) is 11.6 Å². The largest absolute Gasteiger partial charge is 0.389 e. The average Bonchev–Trinajstić information content (AvgIpc) is 3.06. The van der Waals surface area contributed by atoms with Gasteiger partial charge in [0.2, 0.25) is 0 Å². The Balaban J connectivity index is 1.77. The molecule has 6 nitrogen and oxygen atoms in total. The molecule has 20 heavy (non-hydrogen) atoms. The van der Waals surface area contributed by atoms with E-state index in [0.717, 1.165) is 0 Å². The summed E-state index contributed by atoms with van der Waals surface area (Å²) in [6.07, 6.45) is -0.645. The molecule has 2 aliphatic heterocycles. The van der Waals surface area contributed by atoms with E-state index in [0.29, 0.717) is 12.1 Å². The third kappa shape index (κ3) is 2.53. The number of halogens is 1. The molecule has 0 aromatic heterocycles. The first-order valence-corrected chi connectivity index (χ1v) is 6.51. The van der Waals surface area contributed by atoms with Crippen LogP contribution in [-0.4, -0.2) is 41.9 Å². The Bertz CT molecular complexity index is 513. The fraction of sp³-hybridized carbons (Fsp3) is 0.462. The molecule has 0 aliphatic carbocycles. The van der Waals surface area contributed by atoms with Crippen molar-refractivity contribution < 1.29 is 19.1 Å². The van der Waals surface area contributed by atoms with Crippen LogP contribution >= 0.6 is 0 Å². The molecule has 3 atom stereocenters. The lowest BCUT2D eigenvalue weighted by molar-refractivity contribution is -0.173. The summed E-state index contributed by atoms with van der Waals surface area (Å²) in [4.78, 5) is 17.5. The van der Waals surface area contributed by atoms with Crippen molar-refractivity contribution in [3.8, 4) is 0 Å². The molecule has 1 amide bonds. The van der Waals surface area contributed by atoms with Gasteiger partial charge in [-0.1, -0.05) is 12.1 Å². The van der Waals surface area contributed by atoms with Crippen molar-refractivity contribution in [2.24, 2.45) is 5.92 Å². The number of hydrogen-bond acceptors (Lipinski definition) is 5. The first kappa shape index (κ1) is 13.4. The van der Waals surface area contributed by atoms with Crippen molar-refractivity contribution in [3.05, 3.63) is 35.6 Å². The lowest BCUT2D eigenvalue weighted by atomic mass is 9.94. The van der Waals surface area contributed by atoms with E-state index in [2.05, 4.69) is 10.9 Å². The van der Waals surface area contributed by atoms with Gasteiger partial charge in [-0.05, 0) is 17.7 Å². The molecule has 1 aromatic rings. The van der Waals surface area contributed by atoms with Gasteiger partial charge in [0.05, 0.1) is 24.6 Å². The molecule has 2 saturated heterocycles. The Labute approximate surface area is 115 Å². The number of benzene rings is 1. The van der Waals surface area contributed by atoms with Crippen LogP contribution in [0.25, 0.3) is 0 Å². The second kappa shape index (κ2) is 5.45. The monoisotopic (exact) mass is 281 g/mol. The summed E-state index contributed by atoms with van der Waals surface area (Å²) in [5.41, 5.74) is 6.60. The second-order valence-corrected chi connectivity index (χ2v) is 5.01. The molecule has 3 rings (SSSR count). The van der Waals surface area contributed by atoms with Crippen LogP contribution in [0, 0.1) is 11.7 Å². The predicted octanol–water partition coefficient (Wildman–Crippen LogP) is -0.275. The summed E-state index contributed by atoms with van der Waals surface area (Å²) < 4.78 is 13.3. The number of hydrazine groups is 1. The molecule has 3 unspecified atom stereocenters. The van der Waals surface area contributed by atoms with E-state index in [1.165, 1.54) is 17.2 Å². The molecular weight excluding hydrogens is 265 g/mol. The van der Waals surface area contributed by atoms with Gasteiger partial charge in [-0.25, -0.2) is 14.9 Å². The van der Waals surface area contributed by atoms with E-state index in [1.807, 2.05) is 0 Å². The molecule has 3 N–H and O–H groups in total. The van der Waals surface area contributed by atoms with E-state index >= 15 is 0 Å². The molecule has 2 fully saturated rings. The van der Waals surface area contributed by atoms with E-state index in [-0.39, 0.29) is 30.9 Å². The first-order valence-electron chi connectivity index (χ1n) is 6.51. The number of amides is 1. The summed E-state index contributed by atoms with van der Waals surface area (Å²) >= 11 is 0. The van der Waals surface area contributed by atoms with Crippen LogP contribution in [0.15, 0.2) is 24.3 Å². The highest BCUT2D eigenvalue weighted by Crippen LogP contribution is 2.27. The molecular formula is C13H16FN3O3. The molecule has 7 heteroatoms. The van der Waals surface area contributed by atoms with Crippen molar-refractivity contribution in [3.63, 3.8) is 0 Å². The van der Waals surface area contributed by atoms with Crippen LogP contribution in [0.4, 0.5) is 4.39 Å². The summed E-state index contributed by atoms with van der Waals surface area (Å²) in [5.74, 6) is -0.953. The normalized spacial score (nSPS) is 29.9. The minimum Gasteiger partial charge on any atom is -0.389 e. The zero-order valence-corrected chi connectivity index (χ0v) is 10.8. The van der Waals surface area contributed by atoms with Gasteiger partial charge in [-0.15, -0.1) is 0 Å². The SMILES string of the molecule is O=C(C1CNNC1c1cccc(F)c1)N1CC(O)CO1. The molecule has 0 bridgehead atoms. The molecule has 2 aliphatic rings. The van der Waals surface area contributed by atoms with E-state index in [1.54, 1.807) is 12.1 Å². The number of nitrogens with zero attached hydrogens (tertiary/aromatic N) is 1. The van der Waals surface area contributed by atoms with E-state index < -0.39 is 12.0 Å². The number of hydrogen-bond donors (Lipinski definition) is 3. The smallest absolute Gasteiger partial charge is 0.252 e. The van der Waals surface area contributed by atoms with Gasteiger partial charge >= 0.3 is 0 Å². The molecule has 0 radical (unpaired) electrons. The van der Waals surface area contributed by atoms with Crippen LogP contribution in [0.2, 0.25) is 0 Å². The quantitative estimate of drug-likeness (QED) is 0.695. The third-order valence-electron chi connectivity index (χ3n) is 3.55. The highest BCUT2D eigenvalue weighted by atomic mass is 19.1. The van der Waals surface area contributed by atoms with Gasteiger partial charge in [0.15, 0.2) is 0 Å². The van der Waals surface area contributed by atoms with Gasteiger partial charge in [0.1, 0.15) is 12.4 Å². The number of carbonyl (C=O) groups excluding carboxylic acids is 1. The number of rotatable bonds is 2. The number of hydroxylamine groups is 2. The van der Waals surface area contributed by atoms with Crippen molar-refractivity contribution >= 4 is 5.91 Å². The van der Waals surface area contributed by atoms with Crippen molar-refractivity contribution in [2.75, 3.05) is 19.7 Å². The number of carbonyl (C=O) groups is 1. The maximum atomic E-state index is 13.3. The van der Waals surface area contributed by atoms with Gasteiger partial charge in [0, 0.05) is 6.54 Å². The summed E-state index contributed by atoms with van der Waals surface area (Å²) in [5, 5.41) is 10.6. The number of nitrogens with one attached hydrogen (secondary N) is 2. The standard InChI is InChI=1S/C13H16FN3O3/c14-9-3-1-2-8(4-9)12-11(5-15-16-12)13(19)17-6-10(18)7-20-17/h1-4,10-12,15-16,18H,5-7H2. The maximum Gasteiger partial charge on any atom is 0.252 e. The Morgan fingerprint density at radius 3 is 3.05 bits per heavy atom. The second-order valence-electron chi connectivity index (χ2n) is 5.01. The minimum absolute atomic E-state index is 0.129.